The minimum Gasteiger partial charge on any atom is -0.462 e. The Hall–Kier alpha value is -1.45. The van der Waals surface area contributed by atoms with Crippen LogP contribution >= 0.6 is 11.3 Å². The van der Waals surface area contributed by atoms with Gasteiger partial charge in [-0.25, -0.2) is 13.2 Å². The van der Waals surface area contributed by atoms with Crippen molar-refractivity contribution in [3.63, 3.8) is 0 Å². The van der Waals surface area contributed by atoms with Crippen LogP contribution in [0.1, 0.15) is 34.1 Å². The fourth-order valence-electron chi connectivity index (χ4n) is 2.31. The van der Waals surface area contributed by atoms with Crippen LogP contribution in [0.5, 0.6) is 0 Å². The lowest BCUT2D eigenvalue weighted by atomic mass is 10.1. The van der Waals surface area contributed by atoms with Crippen LogP contribution in [0.4, 0.5) is 5.00 Å². The molecule has 0 saturated carbocycles. The third-order valence-corrected chi connectivity index (χ3v) is 6.26. The third-order valence-electron chi connectivity index (χ3n) is 3.37. The Kier molecular flexibility index (Phi) is 5.77. The van der Waals surface area contributed by atoms with Crippen LogP contribution in [-0.4, -0.2) is 46.4 Å². The van der Waals surface area contributed by atoms with Crippen molar-refractivity contribution >= 4 is 38.1 Å². The van der Waals surface area contributed by atoms with Crippen molar-refractivity contribution in [3.8, 4) is 0 Å². The first-order chi connectivity index (χ1) is 10.9. The molecule has 128 valence electrons. The number of methoxy groups -OCH3 is 1. The van der Waals surface area contributed by atoms with Gasteiger partial charge in [0, 0.05) is 12.0 Å². The van der Waals surface area contributed by atoms with Gasteiger partial charge >= 0.3 is 5.97 Å². The molecular weight excluding hydrogens is 342 g/mol. The van der Waals surface area contributed by atoms with Crippen LogP contribution < -0.4 is 5.32 Å². The molecule has 0 aromatic carbocycles. The van der Waals surface area contributed by atoms with Crippen molar-refractivity contribution in [3.05, 3.63) is 16.0 Å². The lowest BCUT2D eigenvalue weighted by Gasteiger charge is -2.13. The van der Waals surface area contributed by atoms with Gasteiger partial charge in [0.1, 0.15) is 5.00 Å². The van der Waals surface area contributed by atoms with Gasteiger partial charge in [-0.05, 0) is 18.9 Å². The maximum atomic E-state index is 12.2. The number of carbonyl (C=O) groups excluding carboxylic acids is 2. The first-order valence-electron chi connectivity index (χ1n) is 7.18. The molecule has 1 aromatic heterocycles. The van der Waals surface area contributed by atoms with Crippen LogP contribution in [0.2, 0.25) is 0 Å². The quantitative estimate of drug-likeness (QED) is 0.769. The molecule has 0 atom stereocenters. The fraction of sp³-hybridized carbons (Fsp3) is 0.571. The van der Waals surface area contributed by atoms with Crippen molar-refractivity contribution in [2.24, 2.45) is 0 Å². The summed E-state index contributed by atoms with van der Waals surface area (Å²) >= 11 is 1.13. The molecule has 0 radical (unpaired) electrons. The molecule has 0 saturated heterocycles. The zero-order valence-electron chi connectivity index (χ0n) is 13.0. The van der Waals surface area contributed by atoms with Crippen molar-refractivity contribution in [2.45, 2.75) is 25.5 Å². The molecule has 0 bridgehead atoms. The lowest BCUT2D eigenvalue weighted by Crippen LogP contribution is -2.20. The SMILES string of the molecule is CCOC(=O)c1c(NC(=O)CCOC)sc2c1CCS(=O)(=O)C2. The molecule has 1 aliphatic heterocycles. The largest absolute Gasteiger partial charge is 0.462 e. The van der Waals surface area contributed by atoms with Gasteiger partial charge in [0.15, 0.2) is 9.84 Å². The van der Waals surface area contributed by atoms with Crippen molar-refractivity contribution < 1.29 is 27.5 Å². The highest BCUT2D eigenvalue weighted by atomic mass is 32.2. The van der Waals surface area contributed by atoms with Gasteiger partial charge < -0.3 is 14.8 Å². The molecule has 2 rings (SSSR count). The van der Waals surface area contributed by atoms with E-state index in [1.54, 1.807) is 6.92 Å². The monoisotopic (exact) mass is 361 g/mol. The zero-order chi connectivity index (χ0) is 17.0. The molecule has 2 heterocycles. The van der Waals surface area contributed by atoms with Gasteiger partial charge in [-0.2, -0.15) is 0 Å². The number of anilines is 1. The molecule has 0 unspecified atom stereocenters. The van der Waals surface area contributed by atoms with Crippen LogP contribution in [0.3, 0.4) is 0 Å². The first kappa shape index (κ1) is 17.9. The van der Waals surface area contributed by atoms with Crippen LogP contribution in [0.25, 0.3) is 0 Å². The summed E-state index contributed by atoms with van der Waals surface area (Å²) in [6.07, 6.45) is 0.413. The Morgan fingerprint density at radius 3 is 2.74 bits per heavy atom. The average molecular weight is 361 g/mol. The number of ether oxygens (including phenoxy) is 2. The number of rotatable bonds is 6. The van der Waals surface area contributed by atoms with E-state index in [1.165, 1.54) is 7.11 Å². The summed E-state index contributed by atoms with van der Waals surface area (Å²) in [5.74, 6) is -0.932. The molecule has 9 heteroatoms. The second-order valence-corrected chi connectivity index (χ2v) is 8.35. The minimum atomic E-state index is -3.15. The summed E-state index contributed by atoms with van der Waals surface area (Å²) in [6, 6.07) is 0. The van der Waals surface area contributed by atoms with Crippen LogP contribution in [0.15, 0.2) is 0 Å². The predicted octanol–water partition coefficient (Wildman–Crippen LogP) is 1.37. The highest BCUT2D eigenvalue weighted by Gasteiger charge is 2.31. The second kappa shape index (κ2) is 7.41. The summed E-state index contributed by atoms with van der Waals surface area (Å²) in [7, 11) is -1.66. The smallest absolute Gasteiger partial charge is 0.341 e. The normalized spacial score (nSPS) is 15.7. The van der Waals surface area contributed by atoms with Crippen molar-refractivity contribution in [1.29, 1.82) is 0 Å². The molecule has 0 fully saturated rings. The van der Waals surface area contributed by atoms with E-state index in [9.17, 15) is 18.0 Å². The summed E-state index contributed by atoms with van der Waals surface area (Å²) in [5.41, 5.74) is 0.956. The Bertz CT molecular complexity index is 707. The van der Waals surface area contributed by atoms with Crippen LogP contribution in [-0.2, 0) is 36.3 Å². The van der Waals surface area contributed by atoms with Gasteiger partial charge in [0.25, 0.3) is 0 Å². The van der Waals surface area contributed by atoms with Gasteiger partial charge in [-0.15, -0.1) is 11.3 Å². The van der Waals surface area contributed by atoms with E-state index < -0.39 is 15.8 Å². The van der Waals surface area contributed by atoms with Gasteiger partial charge in [0.05, 0.1) is 36.7 Å². The molecule has 1 aromatic rings. The van der Waals surface area contributed by atoms with Crippen LogP contribution in [0, 0.1) is 0 Å². The van der Waals surface area contributed by atoms with Crippen molar-refractivity contribution in [2.75, 3.05) is 31.4 Å². The van der Waals surface area contributed by atoms with E-state index in [0.29, 0.717) is 15.4 Å². The topological polar surface area (TPSA) is 98.8 Å². The van der Waals surface area contributed by atoms with E-state index >= 15 is 0 Å². The zero-order valence-corrected chi connectivity index (χ0v) is 14.6. The molecular formula is C14H19NO6S2. The number of esters is 1. The summed E-state index contributed by atoms with van der Waals surface area (Å²) < 4.78 is 33.5. The molecule has 7 nitrogen and oxygen atoms in total. The summed E-state index contributed by atoms with van der Waals surface area (Å²) in [6.45, 7) is 2.16. The number of amides is 1. The molecule has 0 spiro atoms. The van der Waals surface area contributed by atoms with Gasteiger partial charge in [-0.1, -0.05) is 0 Å². The first-order valence-corrected chi connectivity index (χ1v) is 9.82. The number of thiophene rings is 1. The standard InChI is InChI=1S/C14H19NO6S2/c1-3-21-14(17)12-9-5-7-23(18,19)8-10(9)22-13(12)15-11(16)4-6-20-2/h3-8H2,1-2H3,(H,15,16). The molecule has 1 aliphatic rings. The number of fused-ring (bicyclic) bond motifs is 1. The molecule has 1 N–H and O–H groups in total. The van der Waals surface area contributed by atoms with E-state index in [-0.39, 0.29) is 49.0 Å². The van der Waals surface area contributed by atoms with E-state index in [2.05, 4.69) is 5.32 Å². The average Bonchev–Trinajstić information content (AvgIpc) is 2.80. The lowest BCUT2D eigenvalue weighted by molar-refractivity contribution is -0.117. The Labute approximate surface area is 138 Å². The summed E-state index contributed by atoms with van der Waals surface area (Å²) in [4.78, 5) is 24.7. The van der Waals surface area contributed by atoms with E-state index in [4.69, 9.17) is 9.47 Å². The second-order valence-electron chi connectivity index (χ2n) is 5.06. The Balaban J connectivity index is 2.34. The number of carbonyl (C=O) groups is 2. The highest BCUT2D eigenvalue weighted by molar-refractivity contribution is 7.90. The minimum absolute atomic E-state index is 0.000198. The maximum Gasteiger partial charge on any atom is 0.341 e. The number of sulfone groups is 1. The van der Waals surface area contributed by atoms with Crippen molar-refractivity contribution in [1.82, 2.24) is 0 Å². The van der Waals surface area contributed by atoms with E-state index in [1.807, 2.05) is 0 Å². The molecule has 0 aliphatic carbocycles. The number of hydrogen-bond donors (Lipinski definition) is 1. The number of hydrogen-bond acceptors (Lipinski definition) is 7. The molecule has 23 heavy (non-hydrogen) atoms. The third kappa shape index (κ3) is 4.30. The van der Waals surface area contributed by atoms with Gasteiger partial charge in [0.2, 0.25) is 5.91 Å². The maximum absolute atomic E-state index is 12.2. The van der Waals surface area contributed by atoms with Gasteiger partial charge in [-0.3, -0.25) is 4.79 Å². The Morgan fingerprint density at radius 1 is 1.35 bits per heavy atom. The Morgan fingerprint density at radius 2 is 2.09 bits per heavy atom. The highest BCUT2D eigenvalue weighted by Crippen LogP contribution is 2.38. The number of nitrogens with one attached hydrogen (secondary N) is 1. The summed E-state index contributed by atoms with van der Waals surface area (Å²) in [5, 5.41) is 3.03. The fourth-order valence-corrected chi connectivity index (χ4v) is 5.37. The molecule has 1 amide bonds. The van der Waals surface area contributed by atoms with E-state index in [0.717, 1.165) is 11.3 Å². The predicted molar refractivity (Wildman–Crippen MR) is 86.6 cm³/mol.